The molecule has 0 aliphatic heterocycles. The Morgan fingerprint density at radius 1 is 1.44 bits per heavy atom. The zero-order valence-corrected chi connectivity index (χ0v) is 10.7. The zero-order chi connectivity index (χ0) is 12.3. The quantitative estimate of drug-likeness (QED) is 0.732. The molecule has 1 saturated carbocycles. The van der Waals surface area contributed by atoms with Gasteiger partial charge in [-0.3, -0.25) is 9.69 Å². The average Bonchev–Trinajstić information content (AvgIpc) is 1.96. The second-order valence-electron chi connectivity index (χ2n) is 5.77. The van der Waals surface area contributed by atoms with Crippen LogP contribution in [0.3, 0.4) is 0 Å². The van der Waals surface area contributed by atoms with Crippen molar-refractivity contribution in [2.45, 2.75) is 45.3 Å². The Morgan fingerprint density at radius 2 is 2.00 bits per heavy atom. The van der Waals surface area contributed by atoms with Gasteiger partial charge in [0.2, 0.25) is 0 Å². The van der Waals surface area contributed by atoms with Gasteiger partial charge in [-0.2, -0.15) is 0 Å². The van der Waals surface area contributed by atoms with Crippen LogP contribution in [0.1, 0.15) is 33.6 Å². The Labute approximate surface area is 97.6 Å². The van der Waals surface area contributed by atoms with Crippen LogP contribution in [0.15, 0.2) is 0 Å². The van der Waals surface area contributed by atoms with Crippen LogP contribution in [0.2, 0.25) is 0 Å². The van der Waals surface area contributed by atoms with Crippen molar-refractivity contribution < 1.29 is 14.6 Å². The number of aliphatic hydroxyl groups is 1. The second-order valence-corrected chi connectivity index (χ2v) is 5.77. The minimum Gasteiger partial charge on any atom is -0.459 e. The van der Waals surface area contributed by atoms with Gasteiger partial charge in [0.1, 0.15) is 5.60 Å². The summed E-state index contributed by atoms with van der Waals surface area (Å²) in [6.07, 6.45) is 1.59. The van der Waals surface area contributed by atoms with Crippen molar-refractivity contribution in [2.75, 3.05) is 20.1 Å². The van der Waals surface area contributed by atoms with E-state index in [0.717, 1.165) is 19.4 Å². The van der Waals surface area contributed by atoms with E-state index >= 15 is 0 Å². The molecule has 0 heterocycles. The van der Waals surface area contributed by atoms with Crippen molar-refractivity contribution >= 4 is 5.97 Å². The number of carbonyl (C=O) groups is 1. The Balaban J connectivity index is 2.18. The Bertz CT molecular complexity index is 241. The molecule has 0 bridgehead atoms. The third-order valence-corrected chi connectivity index (χ3v) is 2.60. The Morgan fingerprint density at radius 3 is 2.44 bits per heavy atom. The standard InChI is InChI=1S/C12H23NO3/c1-12(2,3)16-11(15)8-13(4)7-9-5-10(14)6-9/h9-10,14H,5-8H2,1-4H3. The molecule has 16 heavy (non-hydrogen) atoms. The maximum atomic E-state index is 11.5. The number of rotatable bonds is 4. The van der Waals surface area contributed by atoms with Crippen molar-refractivity contribution in [3.63, 3.8) is 0 Å². The van der Waals surface area contributed by atoms with Gasteiger partial charge in [-0.25, -0.2) is 0 Å². The first kappa shape index (κ1) is 13.5. The molecule has 1 aliphatic carbocycles. The van der Waals surface area contributed by atoms with Gasteiger partial charge in [0.15, 0.2) is 0 Å². The average molecular weight is 229 g/mol. The van der Waals surface area contributed by atoms with Crippen LogP contribution < -0.4 is 0 Å². The van der Waals surface area contributed by atoms with Gasteiger partial charge >= 0.3 is 5.97 Å². The summed E-state index contributed by atoms with van der Waals surface area (Å²) in [6.45, 7) is 6.79. The third-order valence-electron chi connectivity index (χ3n) is 2.60. The van der Waals surface area contributed by atoms with E-state index in [2.05, 4.69) is 0 Å². The van der Waals surface area contributed by atoms with Crippen LogP contribution in [0.25, 0.3) is 0 Å². The SMILES string of the molecule is CN(CC(=O)OC(C)(C)C)CC1CC(O)C1. The van der Waals surface area contributed by atoms with E-state index in [-0.39, 0.29) is 12.1 Å². The lowest BCUT2D eigenvalue weighted by molar-refractivity contribution is -0.156. The predicted octanol–water partition coefficient (Wildman–Crippen LogP) is 1.03. The first-order chi connectivity index (χ1) is 7.26. The van der Waals surface area contributed by atoms with Crippen LogP contribution in [-0.2, 0) is 9.53 Å². The van der Waals surface area contributed by atoms with Gasteiger partial charge in [-0.05, 0) is 46.6 Å². The lowest BCUT2D eigenvalue weighted by Gasteiger charge is -2.34. The van der Waals surface area contributed by atoms with Gasteiger partial charge in [0.25, 0.3) is 0 Å². The van der Waals surface area contributed by atoms with Crippen molar-refractivity contribution in [1.82, 2.24) is 4.90 Å². The number of esters is 1. The largest absolute Gasteiger partial charge is 0.459 e. The fraction of sp³-hybridized carbons (Fsp3) is 0.917. The smallest absolute Gasteiger partial charge is 0.320 e. The normalized spacial score (nSPS) is 25.4. The minimum atomic E-state index is -0.412. The first-order valence-corrected chi connectivity index (χ1v) is 5.85. The van der Waals surface area contributed by atoms with E-state index < -0.39 is 5.60 Å². The summed E-state index contributed by atoms with van der Waals surface area (Å²) in [5.74, 6) is 0.345. The lowest BCUT2D eigenvalue weighted by Crippen LogP contribution is -2.40. The molecule has 0 unspecified atom stereocenters. The molecule has 0 aromatic heterocycles. The molecule has 1 fully saturated rings. The third kappa shape index (κ3) is 4.94. The molecule has 4 nitrogen and oxygen atoms in total. The van der Waals surface area contributed by atoms with E-state index in [1.54, 1.807) is 0 Å². The molecule has 1 N–H and O–H groups in total. The number of nitrogens with zero attached hydrogens (tertiary/aromatic N) is 1. The van der Waals surface area contributed by atoms with Crippen molar-refractivity contribution in [3.05, 3.63) is 0 Å². The van der Waals surface area contributed by atoms with Crippen molar-refractivity contribution in [2.24, 2.45) is 5.92 Å². The Kier molecular flexibility index (Phi) is 4.33. The van der Waals surface area contributed by atoms with E-state index in [1.165, 1.54) is 0 Å². The fourth-order valence-corrected chi connectivity index (χ4v) is 1.95. The molecule has 0 saturated heterocycles. The summed E-state index contributed by atoms with van der Waals surface area (Å²) < 4.78 is 5.23. The Hall–Kier alpha value is -0.610. The highest BCUT2D eigenvalue weighted by atomic mass is 16.6. The molecular formula is C12H23NO3. The highest BCUT2D eigenvalue weighted by Gasteiger charge is 2.28. The number of carbonyl (C=O) groups excluding carboxylic acids is 1. The molecule has 0 atom stereocenters. The van der Waals surface area contributed by atoms with Crippen LogP contribution in [0, 0.1) is 5.92 Å². The first-order valence-electron chi connectivity index (χ1n) is 5.85. The lowest BCUT2D eigenvalue weighted by atomic mass is 9.82. The van der Waals surface area contributed by atoms with Crippen LogP contribution >= 0.6 is 0 Å². The monoisotopic (exact) mass is 229 g/mol. The van der Waals surface area contributed by atoms with Crippen molar-refractivity contribution in [1.29, 1.82) is 0 Å². The van der Waals surface area contributed by atoms with E-state index in [4.69, 9.17) is 9.84 Å². The maximum Gasteiger partial charge on any atom is 0.320 e. The summed E-state index contributed by atoms with van der Waals surface area (Å²) in [5, 5.41) is 9.16. The van der Waals surface area contributed by atoms with E-state index in [1.807, 2.05) is 32.7 Å². The molecule has 1 aliphatic rings. The highest BCUT2D eigenvalue weighted by molar-refractivity contribution is 5.72. The molecule has 0 radical (unpaired) electrons. The minimum absolute atomic E-state index is 0.125. The van der Waals surface area contributed by atoms with Crippen LogP contribution in [0.4, 0.5) is 0 Å². The van der Waals surface area contributed by atoms with Crippen LogP contribution in [0.5, 0.6) is 0 Å². The van der Waals surface area contributed by atoms with Crippen LogP contribution in [-0.4, -0.2) is 47.8 Å². The molecule has 0 aromatic rings. The molecule has 1 rings (SSSR count). The number of likely N-dealkylation sites (N-methyl/N-ethyl adjacent to an activating group) is 1. The molecule has 4 heteroatoms. The number of hydrogen-bond donors (Lipinski definition) is 1. The van der Waals surface area contributed by atoms with Gasteiger partial charge in [-0.15, -0.1) is 0 Å². The summed E-state index contributed by atoms with van der Waals surface area (Å²) >= 11 is 0. The molecule has 94 valence electrons. The topological polar surface area (TPSA) is 49.8 Å². The summed E-state index contributed by atoms with van der Waals surface area (Å²) in [7, 11) is 1.91. The van der Waals surface area contributed by atoms with Gasteiger partial charge in [0, 0.05) is 6.54 Å². The van der Waals surface area contributed by atoms with Gasteiger partial charge in [-0.1, -0.05) is 0 Å². The highest BCUT2D eigenvalue weighted by Crippen LogP contribution is 2.27. The maximum absolute atomic E-state index is 11.5. The molecule has 0 amide bonds. The number of aliphatic hydroxyl groups excluding tert-OH is 1. The fourth-order valence-electron chi connectivity index (χ4n) is 1.95. The van der Waals surface area contributed by atoms with E-state index in [9.17, 15) is 4.79 Å². The molecule has 0 spiro atoms. The summed E-state index contributed by atoms with van der Waals surface area (Å²) in [6, 6.07) is 0. The number of hydrogen-bond acceptors (Lipinski definition) is 4. The number of ether oxygens (including phenoxy) is 1. The predicted molar refractivity (Wildman–Crippen MR) is 62.1 cm³/mol. The van der Waals surface area contributed by atoms with Crippen molar-refractivity contribution in [3.8, 4) is 0 Å². The summed E-state index contributed by atoms with van der Waals surface area (Å²) in [5.41, 5.74) is -0.412. The molecule has 0 aromatic carbocycles. The second kappa shape index (κ2) is 5.15. The zero-order valence-electron chi connectivity index (χ0n) is 10.7. The van der Waals surface area contributed by atoms with Gasteiger partial charge < -0.3 is 9.84 Å². The molecular weight excluding hydrogens is 206 g/mol. The summed E-state index contributed by atoms with van der Waals surface area (Å²) in [4.78, 5) is 13.5. The van der Waals surface area contributed by atoms with E-state index in [0.29, 0.717) is 12.5 Å². The van der Waals surface area contributed by atoms with Gasteiger partial charge in [0.05, 0.1) is 12.6 Å².